The van der Waals surface area contributed by atoms with E-state index in [9.17, 15) is 13.2 Å². The van der Waals surface area contributed by atoms with Crippen LogP contribution < -0.4 is 4.72 Å². The van der Waals surface area contributed by atoms with Crippen LogP contribution in [-0.2, 0) is 15.8 Å². The van der Waals surface area contributed by atoms with Crippen LogP contribution >= 0.6 is 0 Å². The van der Waals surface area contributed by atoms with Gasteiger partial charge in [0.15, 0.2) is 0 Å². The first-order valence-corrected chi connectivity index (χ1v) is 7.88. The maximum absolute atomic E-state index is 12.1. The number of carbonyl (C=O) groups is 1. The van der Waals surface area contributed by atoms with Gasteiger partial charge in [-0.3, -0.25) is 0 Å². The van der Waals surface area contributed by atoms with Crippen LogP contribution in [-0.4, -0.2) is 19.5 Å². The van der Waals surface area contributed by atoms with Crippen LogP contribution in [0.1, 0.15) is 34.6 Å². The molecule has 7 heteroatoms. The highest BCUT2D eigenvalue weighted by Gasteiger charge is 2.18. The summed E-state index contributed by atoms with van der Waals surface area (Å²) in [5.41, 5.74) is 0.632. The second-order valence-electron chi connectivity index (χ2n) is 4.62. The molecule has 1 atom stereocenters. The molecule has 112 valence electrons. The Morgan fingerprint density at radius 2 is 1.95 bits per heavy atom. The molecule has 0 aliphatic rings. The van der Waals surface area contributed by atoms with Crippen LogP contribution in [0, 0.1) is 0 Å². The molecule has 2 N–H and O–H groups in total. The molecule has 1 aromatic carbocycles. The van der Waals surface area contributed by atoms with Crippen molar-refractivity contribution in [1.82, 2.24) is 4.72 Å². The van der Waals surface area contributed by atoms with Gasteiger partial charge in [0.05, 0.1) is 23.6 Å². The van der Waals surface area contributed by atoms with Crippen molar-refractivity contribution in [3.8, 4) is 0 Å². The standard InChI is InChI=1S/C14H15NO5S/c1-10(13-3-2-8-20-13)15-21(18,19)9-11-4-6-12(7-5-11)14(16)17/h2-8,10,15H,9H2,1H3,(H,16,17)/t10-/m1/s1. The summed E-state index contributed by atoms with van der Waals surface area (Å²) in [5, 5.41) is 8.79. The fourth-order valence-corrected chi connectivity index (χ4v) is 3.24. The number of rotatable bonds is 6. The van der Waals surface area contributed by atoms with Crippen LogP contribution in [0.15, 0.2) is 47.1 Å². The average molecular weight is 309 g/mol. The summed E-state index contributed by atoms with van der Waals surface area (Å²) in [4.78, 5) is 10.7. The third-order valence-electron chi connectivity index (χ3n) is 2.88. The molecule has 0 radical (unpaired) electrons. The lowest BCUT2D eigenvalue weighted by Gasteiger charge is -2.12. The summed E-state index contributed by atoms with van der Waals surface area (Å²) < 4.78 is 31.8. The van der Waals surface area contributed by atoms with Crippen LogP contribution in [0.3, 0.4) is 0 Å². The molecule has 0 aliphatic heterocycles. The van der Waals surface area contributed by atoms with Gasteiger partial charge in [-0.2, -0.15) is 0 Å². The van der Waals surface area contributed by atoms with Gasteiger partial charge in [-0.05, 0) is 36.8 Å². The number of benzene rings is 1. The Morgan fingerprint density at radius 3 is 2.48 bits per heavy atom. The van der Waals surface area contributed by atoms with Crippen molar-refractivity contribution < 1.29 is 22.7 Å². The quantitative estimate of drug-likeness (QED) is 0.852. The lowest BCUT2D eigenvalue weighted by Crippen LogP contribution is -2.27. The number of hydrogen-bond acceptors (Lipinski definition) is 4. The van der Waals surface area contributed by atoms with Gasteiger partial charge in [-0.15, -0.1) is 0 Å². The van der Waals surface area contributed by atoms with E-state index < -0.39 is 22.0 Å². The zero-order chi connectivity index (χ0) is 15.5. The minimum absolute atomic E-state index is 0.119. The average Bonchev–Trinajstić information content (AvgIpc) is 2.92. The molecule has 0 amide bonds. The molecule has 1 aromatic heterocycles. The van der Waals surface area contributed by atoms with E-state index in [1.54, 1.807) is 19.1 Å². The summed E-state index contributed by atoms with van der Waals surface area (Å²) in [6.07, 6.45) is 1.48. The highest BCUT2D eigenvalue weighted by Crippen LogP contribution is 2.15. The molecule has 0 spiro atoms. The van der Waals surface area contributed by atoms with Crippen molar-refractivity contribution in [2.45, 2.75) is 18.7 Å². The minimum Gasteiger partial charge on any atom is -0.478 e. The molecule has 0 saturated carbocycles. The molecule has 0 bridgehead atoms. The van der Waals surface area contributed by atoms with Crippen molar-refractivity contribution in [3.63, 3.8) is 0 Å². The predicted octanol–water partition coefficient (Wildman–Crippen LogP) is 2.16. The van der Waals surface area contributed by atoms with E-state index in [4.69, 9.17) is 9.52 Å². The highest BCUT2D eigenvalue weighted by molar-refractivity contribution is 7.88. The Balaban J connectivity index is 2.05. The molecule has 6 nitrogen and oxygen atoms in total. The van der Waals surface area contributed by atoms with Gasteiger partial charge in [-0.1, -0.05) is 12.1 Å². The van der Waals surface area contributed by atoms with Crippen molar-refractivity contribution in [3.05, 3.63) is 59.5 Å². The molecule has 0 aliphatic carbocycles. The number of hydrogen-bond donors (Lipinski definition) is 2. The van der Waals surface area contributed by atoms with Crippen molar-refractivity contribution in [2.24, 2.45) is 0 Å². The lowest BCUT2D eigenvalue weighted by atomic mass is 10.1. The van der Waals surface area contributed by atoms with E-state index in [0.29, 0.717) is 11.3 Å². The van der Waals surface area contributed by atoms with Gasteiger partial charge in [0.2, 0.25) is 10.0 Å². The molecular weight excluding hydrogens is 294 g/mol. The second-order valence-corrected chi connectivity index (χ2v) is 6.37. The van der Waals surface area contributed by atoms with E-state index in [-0.39, 0.29) is 11.3 Å². The smallest absolute Gasteiger partial charge is 0.335 e. The summed E-state index contributed by atoms with van der Waals surface area (Å²) >= 11 is 0. The van der Waals surface area contributed by atoms with Gasteiger partial charge in [0, 0.05) is 0 Å². The van der Waals surface area contributed by atoms with E-state index in [1.807, 2.05) is 0 Å². The van der Waals surface area contributed by atoms with Gasteiger partial charge in [-0.25, -0.2) is 17.9 Å². The first kappa shape index (κ1) is 15.3. The van der Waals surface area contributed by atoms with Crippen LogP contribution in [0.25, 0.3) is 0 Å². The minimum atomic E-state index is -3.55. The van der Waals surface area contributed by atoms with Crippen LogP contribution in [0.2, 0.25) is 0 Å². The third-order valence-corrected chi connectivity index (χ3v) is 4.31. The SMILES string of the molecule is C[C@@H](NS(=O)(=O)Cc1ccc(C(=O)O)cc1)c1ccco1. The third kappa shape index (κ3) is 4.17. The van der Waals surface area contributed by atoms with Crippen molar-refractivity contribution in [1.29, 1.82) is 0 Å². The summed E-state index contributed by atoms with van der Waals surface area (Å²) in [6.45, 7) is 1.68. The Morgan fingerprint density at radius 1 is 1.29 bits per heavy atom. The Hall–Kier alpha value is -2.12. The van der Waals surface area contributed by atoms with Crippen molar-refractivity contribution in [2.75, 3.05) is 0 Å². The fraction of sp³-hybridized carbons (Fsp3) is 0.214. The zero-order valence-corrected chi connectivity index (χ0v) is 12.1. The maximum atomic E-state index is 12.1. The van der Waals surface area contributed by atoms with E-state index in [1.165, 1.54) is 30.5 Å². The number of aromatic carboxylic acids is 1. The number of nitrogens with one attached hydrogen (secondary N) is 1. The number of carboxylic acids is 1. The lowest BCUT2D eigenvalue weighted by molar-refractivity contribution is 0.0697. The Labute approximate surface area is 122 Å². The number of furan rings is 1. The monoisotopic (exact) mass is 309 g/mol. The topological polar surface area (TPSA) is 96.6 Å². The predicted molar refractivity (Wildman–Crippen MR) is 76.3 cm³/mol. The normalized spacial score (nSPS) is 13.0. The Bertz CT molecular complexity index is 704. The van der Waals surface area contributed by atoms with E-state index in [2.05, 4.69) is 4.72 Å². The van der Waals surface area contributed by atoms with Gasteiger partial charge >= 0.3 is 5.97 Å². The largest absolute Gasteiger partial charge is 0.478 e. The number of sulfonamides is 1. The van der Waals surface area contributed by atoms with Gasteiger partial charge in [0.1, 0.15) is 5.76 Å². The summed E-state index contributed by atoms with van der Waals surface area (Å²) in [7, 11) is -3.55. The van der Waals surface area contributed by atoms with E-state index in [0.717, 1.165) is 0 Å². The zero-order valence-electron chi connectivity index (χ0n) is 11.3. The molecule has 2 rings (SSSR count). The van der Waals surface area contributed by atoms with Crippen LogP contribution in [0.4, 0.5) is 0 Å². The first-order valence-electron chi connectivity index (χ1n) is 6.23. The summed E-state index contributed by atoms with van der Waals surface area (Å²) in [6, 6.07) is 8.63. The molecule has 0 fully saturated rings. The Kier molecular flexibility index (Phi) is 4.44. The molecule has 0 unspecified atom stereocenters. The maximum Gasteiger partial charge on any atom is 0.335 e. The molecule has 2 aromatic rings. The van der Waals surface area contributed by atoms with Crippen molar-refractivity contribution >= 4 is 16.0 Å². The fourth-order valence-electron chi connectivity index (χ4n) is 1.87. The number of carboxylic acid groups (broad SMARTS) is 1. The molecule has 1 heterocycles. The molecule has 0 saturated heterocycles. The van der Waals surface area contributed by atoms with Gasteiger partial charge in [0.25, 0.3) is 0 Å². The second kappa shape index (κ2) is 6.11. The van der Waals surface area contributed by atoms with Crippen LogP contribution in [0.5, 0.6) is 0 Å². The summed E-state index contributed by atoms with van der Waals surface area (Å²) in [5.74, 6) is -0.744. The van der Waals surface area contributed by atoms with Gasteiger partial charge < -0.3 is 9.52 Å². The first-order chi connectivity index (χ1) is 9.87. The highest BCUT2D eigenvalue weighted by atomic mass is 32.2. The molecule has 21 heavy (non-hydrogen) atoms. The van der Waals surface area contributed by atoms with E-state index >= 15 is 0 Å². The molecular formula is C14H15NO5S.